The van der Waals surface area contributed by atoms with Gasteiger partial charge in [-0.2, -0.15) is 0 Å². The zero-order valence-corrected chi connectivity index (χ0v) is 18.1. The molecule has 0 saturated heterocycles. The molecule has 0 amide bonds. The largest absolute Gasteiger partial charge is 0.724 e. The van der Waals surface area contributed by atoms with Gasteiger partial charge in [0.15, 0.2) is 0 Å². The molecule has 27 heavy (non-hydrogen) atoms. The van der Waals surface area contributed by atoms with Crippen LogP contribution in [0.3, 0.4) is 0 Å². The Hall–Kier alpha value is 0.0300. The van der Waals surface area contributed by atoms with Crippen molar-refractivity contribution >= 4 is 11.3 Å². The molecular weight excluding hydrogens is 358 g/mol. The number of aliphatic hydroxyl groups excluding tert-OH is 1. The lowest BCUT2D eigenvalue weighted by atomic mass is 9.67. The molecule has 4 rings (SSSR count). The van der Waals surface area contributed by atoms with Crippen LogP contribution >= 0.6 is 0 Å². The minimum Gasteiger partial charge on any atom is -0.724 e. The number of hydrogen-bond donors (Lipinski definition) is 1. The van der Waals surface area contributed by atoms with Crippen molar-refractivity contribution in [2.24, 2.45) is 16.7 Å². The molecule has 0 heterocycles. The highest BCUT2D eigenvalue weighted by Crippen LogP contribution is 2.67. The second kappa shape index (κ2) is 7.37. The molecule has 4 saturated carbocycles. The van der Waals surface area contributed by atoms with Crippen molar-refractivity contribution in [2.75, 3.05) is 6.54 Å². The van der Waals surface area contributed by atoms with Crippen LogP contribution in [0.2, 0.25) is 0 Å². The molecule has 4 nitrogen and oxygen atoms in total. The van der Waals surface area contributed by atoms with Gasteiger partial charge in [0.25, 0.3) is 0 Å². The Morgan fingerprint density at radius 1 is 0.963 bits per heavy atom. The van der Waals surface area contributed by atoms with E-state index in [-0.39, 0.29) is 32.9 Å². The summed E-state index contributed by atoms with van der Waals surface area (Å²) in [6, 6.07) is 0.467. The van der Waals surface area contributed by atoms with Crippen LogP contribution in [0.1, 0.15) is 97.3 Å². The molecule has 5 heteroatoms. The average Bonchev–Trinajstić information content (AvgIpc) is 3.02. The molecule has 4 fully saturated rings. The van der Waals surface area contributed by atoms with Crippen LogP contribution < -0.4 is 0 Å². The minimum absolute atomic E-state index is 0.0403. The maximum absolute atomic E-state index is 13.1. The lowest BCUT2D eigenvalue weighted by Crippen LogP contribution is -2.68. The SMILES string of the molecule is CC1(C)C2CC[C@@]1(C[N+](C1CCCCC1)(C1CCCCC1)S(=O)[O-])C(O)C2. The summed E-state index contributed by atoms with van der Waals surface area (Å²) in [6.07, 6.45) is 14.0. The molecule has 0 aromatic rings. The third-order valence-corrected chi connectivity index (χ3v) is 10.9. The van der Waals surface area contributed by atoms with Crippen LogP contribution in [-0.2, 0) is 11.3 Å². The topological polar surface area (TPSA) is 60.4 Å². The zero-order chi connectivity index (χ0) is 19.3. The van der Waals surface area contributed by atoms with Crippen LogP contribution in [0.15, 0.2) is 0 Å². The van der Waals surface area contributed by atoms with Crippen LogP contribution in [0.25, 0.3) is 0 Å². The number of nitrogens with zero attached hydrogens (tertiary/aromatic N) is 1. The van der Waals surface area contributed by atoms with E-state index in [9.17, 15) is 13.9 Å². The predicted molar refractivity (Wildman–Crippen MR) is 107 cm³/mol. The van der Waals surface area contributed by atoms with Gasteiger partial charge in [0, 0.05) is 25.7 Å². The van der Waals surface area contributed by atoms with E-state index in [4.69, 9.17) is 0 Å². The van der Waals surface area contributed by atoms with Gasteiger partial charge in [-0.1, -0.05) is 26.7 Å². The van der Waals surface area contributed by atoms with Crippen LogP contribution in [0.4, 0.5) is 0 Å². The molecule has 0 radical (unpaired) electrons. The van der Waals surface area contributed by atoms with Crippen molar-refractivity contribution in [3.8, 4) is 0 Å². The molecule has 0 aromatic heterocycles. The zero-order valence-electron chi connectivity index (χ0n) is 17.3. The molecule has 0 spiro atoms. The summed E-state index contributed by atoms with van der Waals surface area (Å²) in [7, 11) is 0. The van der Waals surface area contributed by atoms with Crippen molar-refractivity contribution in [2.45, 2.75) is 116 Å². The summed E-state index contributed by atoms with van der Waals surface area (Å²) >= 11 is -2.13. The smallest absolute Gasteiger partial charge is 0.148 e. The lowest BCUT2D eigenvalue weighted by molar-refractivity contribution is -0.870. The van der Waals surface area contributed by atoms with E-state index in [0.29, 0.717) is 12.5 Å². The number of hydrogen-bond acceptors (Lipinski definition) is 3. The molecule has 3 unspecified atom stereocenters. The monoisotopic (exact) mass is 397 g/mol. The van der Waals surface area contributed by atoms with E-state index in [1.54, 1.807) is 0 Å². The fourth-order valence-corrected chi connectivity index (χ4v) is 8.99. The quantitative estimate of drug-likeness (QED) is 0.551. The fraction of sp³-hybridized carbons (Fsp3) is 1.00. The van der Waals surface area contributed by atoms with Gasteiger partial charge >= 0.3 is 0 Å². The Balaban J connectivity index is 1.76. The lowest BCUT2D eigenvalue weighted by Gasteiger charge is -2.56. The summed E-state index contributed by atoms with van der Waals surface area (Å²) in [4.78, 5) is 0. The highest BCUT2D eigenvalue weighted by molar-refractivity contribution is 7.73. The first-order valence-electron chi connectivity index (χ1n) is 11.5. The van der Waals surface area contributed by atoms with Gasteiger partial charge in [0.2, 0.25) is 0 Å². The van der Waals surface area contributed by atoms with Crippen molar-refractivity contribution in [3.63, 3.8) is 0 Å². The van der Waals surface area contributed by atoms with Gasteiger partial charge < -0.3 is 9.66 Å². The molecule has 4 atom stereocenters. The highest BCUT2D eigenvalue weighted by atomic mass is 32.2. The number of aliphatic hydroxyl groups is 1. The van der Waals surface area contributed by atoms with Crippen molar-refractivity contribution < 1.29 is 17.8 Å². The van der Waals surface area contributed by atoms with E-state index in [0.717, 1.165) is 70.6 Å². The Bertz CT molecular complexity index is 550. The molecule has 2 bridgehead atoms. The van der Waals surface area contributed by atoms with E-state index in [2.05, 4.69) is 13.8 Å². The predicted octanol–water partition coefficient (Wildman–Crippen LogP) is 4.45. The van der Waals surface area contributed by atoms with E-state index in [1.165, 1.54) is 12.8 Å². The van der Waals surface area contributed by atoms with Gasteiger partial charge in [-0.05, 0) is 56.3 Å². The Labute approximate surface area is 168 Å². The summed E-state index contributed by atoms with van der Waals surface area (Å²) in [6.45, 7) is 5.28. The van der Waals surface area contributed by atoms with Crippen LogP contribution in [0, 0.1) is 16.7 Å². The first-order chi connectivity index (χ1) is 12.8. The molecular formula is C22H39NO3S. The van der Waals surface area contributed by atoms with Gasteiger partial charge in [0.1, 0.15) is 23.4 Å². The Morgan fingerprint density at radius 2 is 1.48 bits per heavy atom. The number of rotatable bonds is 5. The first-order valence-corrected chi connectivity index (χ1v) is 12.5. The maximum atomic E-state index is 13.1. The standard InChI is InChI=1S/C22H39NO3S/c1-21(2)17-13-14-22(21,20(24)15-17)16-23(27(25)26,18-9-5-3-6-10-18)19-11-7-4-8-12-19/h17-20,24H,3-16H2,1-2H3/t17?,20?,22-/m1/s1. The van der Waals surface area contributed by atoms with E-state index < -0.39 is 11.3 Å². The van der Waals surface area contributed by atoms with Gasteiger partial charge in [-0.3, -0.25) is 0 Å². The van der Waals surface area contributed by atoms with Crippen molar-refractivity contribution in [1.29, 1.82) is 0 Å². The van der Waals surface area contributed by atoms with Crippen LogP contribution in [-0.4, -0.2) is 42.5 Å². The molecule has 4 aliphatic rings. The van der Waals surface area contributed by atoms with Crippen molar-refractivity contribution in [1.82, 2.24) is 0 Å². The number of fused-ring (bicyclic) bond motifs is 2. The maximum Gasteiger partial charge on any atom is 0.148 e. The fourth-order valence-electron chi connectivity index (χ4n) is 7.74. The second-order valence-corrected chi connectivity index (χ2v) is 11.8. The molecule has 156 valence electrons. The highest BCUT2D eigenvalue weighted by Gasteiger charge is 2.68. The third-order valence-electron chi connectivity index (χ3n) is 9.58. The molecule has 4 aliphatic carbocycles. The van der Waals surface area contributed by atoms with Gasteiger partial charge in [0.05, 0.1) is 18.1 Å². The van der Waals surface area contributed by atoms with E-state index >= 15 is 0 Å². The Morgan fingerprint density at radius 3 is 1.85 bits per heavy atom. The number of quaternary nitrogens is 1. The average molecular weight is 398 g/mol. The minimum atomic E-state index is -2.13. The summed E-state index contributed by atoms with van der Waals surface area (Å²) in [5, 5.41) is 11.1. The van der Waals surface area contributed by atoms with Crippen molar-refractivity contribution in [3.05, 3.63) is 0 Å². The van der Waals surface area contributed by atoms with Gasteiger partial charge in [-0.25, -0.2) is 8.10 Å². The Kier molecular flexibility index (Phi) is 5.55. The first kappa shape index (κ1) is 20.3. The van der Waals surface area contributed by atoms with E-state index in [1.807, 2.05) is 0 Å². The summed E-state index contributed by atoms with van der Waals surface area (Å²) in [5.74, 6) is 0.548. The van der Waals surface area contributed by atoms with Gasteiger partial charge in [-0.15, -0.1) is 0 Å². The summed E-state index contributed by atoms with van der Waals surface area (Å²) in [5.41, 5.74) is -0.189. The third kappa shape index (κ3) is 2.98. The second-order valence-electron chi connectivity index (χ2n) is 10.7. The molecule has 0 aromatic carbocycles. The normalized spacial score (nSPS) is 39.0. The summed E-state index contributed by atoms with van der Waals surface area (Å²) < 4.78 is 26.4. The van der Waals surface area contributed by atoms with Crippen LogP contribution in [0.5, 0.6) is 0 Å². The molecule has 1 N–H and O–H groups in total. The molecule has 0 aliphatic heterocycles.